The maximum Gasteiger partial charge on any atom is 0.247 e. The first-order valence-corrected chi connectivity index (χ1v) is 14.4. The van der Waals surface area contributed by atoms with Crippen molar-refractivity contribution in [3.8, 4) is 11.5 Å². The Hall–Kier alpha value is -2.18. The molecule has 0 spiro atoms. The molecule has 3 rings (SSSR count). The third kappa shape index (κ3) is 7.47. The highest BCUT2D eigenvalue weighted by molar-refractivity contribution is 14.1. The summed E-state index contributed by atoms with van der Waals surface area (Å²) in [5, 5.41) is 23.6. The van der Waals surface area contributed by atoms with Crippen LogP contribution in [0.2, 0.25) is 0 Å². The molecule has 1 aromatic carbocycles. The largest absolute Gasteiger partial charge is 0.493 e. The number of rotatable bonds is 11. The minimum absolute atomic E-state index is 0.0169. The summed E-state index contributed by atoms with van der Waals surface area (Å²) in [6.45, 7) is 3.87. The molecule has 3 unspecified atom stereocenters. The average Bonchev–Trinajstić information content (AvgIpc) is 2.90. The summed E-state index contributed by atoms with van der Waals surface area (Å²) in [5.74, 6) is 0.406. The second kappa shape index (κ2) is 14.3. The van der Waals surface area contributed by atoms with E-state index in [0.29, 0.717) is 38.9 Å². The summed E-state index contributed by atoms with van der Waals surface area (Å²) in [6.07, 6.45) is 5.62. The Balaban J connectivity index is 2.03. The van der Waals surface area contributed by atoms with Crippen molar-refractivity contribution < 1.29 is 34.1 Å². The van der Waals surface area contributed by atoms with E-state index in [2.05, 4.69) is 5.32 Å². The summed E-state index contributed by atoms with van der Waals surface area (Å²) in [6, 6.07) is 2.52. The molecule has 1 aromatic rings. The van der Waals surface area contributed by atoms with Crippen molar-refractivity contribution in [2.24, 2.45) is 5.92 Å². The zero-order valence-electron chi connectivity index (χ0n) is 22.3. The molecule has 3 N–H and O–H groups in total. The Morgan fingerprint density at radius 3 is 2.55 bits per heavy atom. The summed E-state index contributed by atoms with van der Waals surface area (Å²) in [4.78, 5) is 39.8. The smallest absolute Gasteiger partial charge is 0.247 e. The van der Waals surface area contributed by atoms with Crippen LogP contribution in [0.4, 0.5) is 0 Å². The van der Waals surface area contributed by atoms with Gasteiger partial charge in [-0.05, 0) is 59.6 Å². The van der Waals surface area contributed by atoms with Gasteiger partial charge in [-0.2, -0.15) is 0 Å². The molecule has 1 saturated carbocycles. The summed E-state index contributed by atoms with van der Waals surface area (Å²) >= 11 is 2.04. The van der Waals surface area contributed by atoms with Gasteiger partial charge in [-0.3, -0.25) is 14.4 Å². The van der Waals surface area contributed by atoms with E-state index in [9.17, 15) is 24.6 Å². The summed E-state index contributed by atoms with van der Waals surface area (Å²) in [5.41, 5.74) is 0.804. The SMILES string of the molecule is COc1cc(C=O)cc(I)c1OC1C=C(C(=O)NCCO)CC(N(C(=O)CC(C)C)C2CCCCC2)C1O. The number of nitrogens with one attached hydrogen (secondary N) is 1. The molecular weight excluding hydrogens is 603 g/mol. The fourth-order valence-corrected chi connectivity index (χ4v) is 6.03. The topological polar surface area (TPSA) is 125 Å². The third-order valence-electron chi connectivity index (χ3n) is 7.05. The van der Waals surface area contributed by atoms with E-state index in [4.69, 9.17) is 9.47 Å². The highest BCUT2D eigenvalue weighted by atomic mass is 127. The van der Waals surface area contributed by atoms with Gasteiger partial charge >= 0.3 is 0 Å². The Labute approximate surface area is 238 Å². The van der Waals surface area contributed by atoms with Crippen LogP contribution < -0.4 is 14.8 Å². The van der Waals surface area contributed by atoms with Crippen LogP contribution in [0.25, 0.3) is 0 Å². The van der Waals surface area contributed by atoms with E-state index in [1.807, 2.05) is 41.3 Å². The van der Waals surface area contributed by atoms with Gasteiger partial charge in [0.15, 0.2) is 11.5 Å². The van der Waals surface area contributed by atoms with E-state index < -0.39 is 18.2 Å². The van der Waals surface area contributed by atoms with Gasteiger partial charge in [0.2, 0.25) is 11.8 Å². The highest BCUT2D eigenvalue weighted by Gasteiger charge is 2.43. The van der Waals surface area contributed by atoms with Crippen LogP contribution >= 0.6 is 22.6 Å². The number of aliphatic hydroxyl groups is 2. The van der Waals surface area contributed by atoms with Crippen molar-refractivity contribution in [1.82, 2.24) is 10.2 Å². The molecule has 210 valence electrons. The number of amides is 2. The zero-order valence-corrected chi connectivity index (χ0v) is 24.5. The first-order chi connectivity index (χ1) is 18.2. The van der Waals surface area contributed by atoms with E-state index in [1.165, 1.54) is 7.11 Å². The molecule has 2 aliphatic carbocycles. The Morgan fingerprint density at radius 1 is 1.24 bits per heavy atom. The van der Waals surface area contributed by atoms with Gasteiger partial charge in [0.1, 0.15) is 18.5 Å². The summed E-state index contributed by atoms with van der Waals surface area (Å²) in [7, 11) is 1.46. The minimum Gasteiger partial charge on any atom is -0.493 e. The van der Waals surface area contributed by atoms with Crippen molar-refractivity contribution in [3.63, 3.8) is 0 Å². The first kappa shape index (κ1) is 30.4. The quantitative estimate of drug-likeness (QED) is 0.250. The number of hydrogen-bond acceptors (Lipinski definition) is 7. The van der Waals surface area contributed by atoms with E-state index in [1.54, 1.807) is 18.2 Å². The van der Waals surface area contributed by atoms with Crippen molar-refractivity contribution in [1.29, 1.82) is 0 Å². The number of methoxy groups -OCH3 is 1. The first-order valence-electron chi connectivity index (χ1n) is 13.3. The standard InChI is InChI=1S/C28H39IN2O7/c1-17(2)11-25(34)31(20-7-5-4-6-8-20)22-14-19(28(36)30-9-10-32)15-23(26(22)35)38-27-21(29)12-18(16-33)13-24(27)37-3/h12-13,15-17,20,22-23,26,32,35H,4-11,14H2,1-3H3,(H,30,36). The van der Waals surface area contributed by atoms with Crippen LogP contribution in [0.1, 0.15) is 69.2 Å². The number of hydrogen-bond donors (Lipinski definition) is 3. The number of nitrogens with zero attached hydrogens (tertiary/aromatic N) is 1. The number of carbonyl (C=O) groups excluding carboxylic acids is 3. The van der Waals surface area contributed by atoms with E-state index in [0.717, 1.165) is 32.1 Å². The molecule has 0 bridgehead atoms. The number of aliphatic hydroxyl groups excluding tert-OH is 2. The van der Waals surface area contributed by atoms with Crippen LogP contribution in [0, 0.1) is 9.49 Å². The Morgan fingerprint density at radius 2 is 1.95 bits per heavy atom. The second-order valence-electron chi connectivity index (χ2n) is 10.4. The summed E-state index contributed by atoms with van der Waals surface area (Å²) < 4.78 is 12.4. The predicted molar refractivity (Wildman–Crippen MR) is 151 cm³/mol. The lowest BCUT2D eigenvalue weighted by molar-refractivity contribution is -0.144. The van der Waals surface area contributed by atoms with Crippen LogP contribution in [0.3, 0.4) is 0 Å². The fraction of sp³-hybridized carbons (Fsp3) is 0.607. The number of halogens is 1. The van der Waals surface area contributed by atoms with Crippen LogP contribution in [-0.4, -0.2) is 77.8 Å². The minimum atomic E-state index is -1.10. The molecule has 0 radical (unpaired) electrons. The lowest BCUT2D eigenvalue weighted by atomic mass is 9.84. The zero-order chi connectivity index (χ0) is 27.8. The molecule has 0 aliphatic heterocycles. The second-order valence-corrected chi connectivity index (χ2v) is 11.5. The predicted octanol–water partition coefficient (Wildman–Crippen LogP) is 3.24. The van der Waals surface area contributed by atoms with Crippen molar-refractivity contribution in [2.45, 2.75) is 83.1 Å². The average molecular weight is 643 g/mol. The third-order valence-corrected chi connectivity index (χ3v) is 7.85. The molecule has 10 heteroatoms. The lowest BCUT2D eigenvalue weighted by Crippen LogP contribution is -2.58. The molecule has 0 saturated heterocycles. The molecule has 38 heavy (non-hydrogen) atoms. The Bertz CT molecular complexity index is 1020. The van der Waals surface area contributed by atoms with E-state index in [-0.39, 0.29) is 43.3 Å². The van der Waals surface area contributed by atoms with Gasteiger partial charge in [-0.15, -0.1) is 0 Å². The van der Waals surface area contributed by atoms with Gasteiger partial charge in [0, 0.05) is 36.6 Å². The van der Waals surface area contributed by atoms with Crippen LogP contribution in [0.5, 0.6) is 11.5 Å². The molecular formula is C28H39IN2O7. The van der Waals surface area contributed by atoms with Gasteiger partial charge in [-0.25, -0.2) is 0 Å². The Kier molecular flexibility index (Phi) is 11.4. The van der Waals surface area contributed by atoms with Gasteiger partial charge in [0.05, 0.1) is 23.3 Å². The molecule has 0 aromatic heterocycles. The number of benzene rings is 1. The van der Waals surface area contributed by atoms with Gasteiger partial charge < -0.3 is 29.9 Å². The monoisotopic (exact) mass is 642 g/mol. The lowest BCUT2D eigenvalue weighted by Gasteiger charge is -2.45. The van der Waals surface area contributed by atoms with Gasteiger partial charge in [-0.1, -0.05) is 33.1 Å². The fourth-order valence-electron chi connectivity index (χ4n) is 5.28. The highest BCUT2D eigenvalue weighted by Crippen LogP contribution is 2.38. The molecule has 2 amide bonds. The number of ether oxygens (including phenoxy) is 2. The maximum atomic E-state index is 13.6. The van der Waals surface area contributed by atoms with Crippen LogP contribution in [0.15, 0.2) is 23.8 Å². The molecule has 1 fully saturated rings. The molecule has 0 heterocycles. The number of carbonyl (C=O) groups is 3. The van der Waals surface area contributed by atoms with E-state index >= 15 is 0 Å². The molecule has 3 atom stereocenters. The number of aldehydes is 1. The molecule has 9 nitrogen and oxygen atoms in total. The van der Waals surface area contributed by atoms with Gasteiger partial charge in [0.25, 0.3) is 0 Å². The maximum absolute atomic E-state index is 13.6. The van der Waals surface area contributed by atoms with Crippen molar-refractivity contribution >= 4 is 40.7 Å². The molecule has 2 aliphatic rings. The van der Waals surface area contributed by atoms with Crippen molar-refractivity contribution in [3.05, 3.63) is 32.9 Å². The normalized spacial score (nSPS) is 22.0. The van der Waals surface area contributed by atoms with Crippen LogP contribution in [-0.2, 0) is 9.59 Å². The van der Waals surface area contributed by atoms with Crippen molar-refractivity contribution in [2.75, 3.05) is 20.3 Å².